The van der Waals surface area contributed by atoms with Crippen molar-refractivity contribution < 1.29 is 18.0 Å². The number of benzene rings is 2. The van der Waals surface area contributed by atoms with Crippen LogP contribution in [-0.4, -0.2) is 37.6 Å². The molecule has 0 aliphatic rings. The second-order valence-corrected chi connectivity index (χ2v) is 10.3. The molecule has 0 atom stereocenters. The summed E-state index contributed by atoms with van der Waals surface area (Å²) in [5.74, 6) is -0.659. The molecule has 9 heteroatoms. The largest absolute Gasteiger partial charge is 0.326 e. The Hall–Kier alpha value is -2.42. The average molecular weight is 466 g/mol. The summed E-state index contributed by atoms with van der Waals surface area (Å²) in [6, 6.07) is 10.7. The van der Waals surface area contributed by atoms with Crippen LogP contribution in [0.3, 0.4) is 0 Å². The number of hydrogen-bond donors (Lipinski definition) is 2. The summed E-state index contributed by atoms with van der Waals surface area (Å²) >= 11 is 6.20. The van der Waals surface area contributed by atoms with Gasteiger partial charge in [-0.1, -0.05) is 52.3 Å². The number of halogens is 1. The fraction of sp³-hybridized carbons (Fsp3) is 0.364. The van der Waals surface area contributed by atoms with E-state index in [-0.39, 0.29) is 21.5 Å². The molecule has 0 spiro atoms. The SMILES string of the molecule is CCN(CC)S(=O)(=O)c1ccc(Cl)c(NC(=O)c2cccc(NC(=O)C(C)(C)C)c2)c1. The minimum atomic E-state index is -3.70. The van der Waals surface area contributed by atoms with Gasteiger partial charge in [0.25, 0.3) is 5.91 Å². The van der Waals surface area contributed by atoms with E-state index >= 15 is 0 Å². The molecule has 0 fully saturated rings. The quantitative estimate of drug-likeness (QED) is 0.624. The maximum absolute atomic E-state index is 12.8. The fourth-order valence-electron chi connectivity index (χ4n) is 2.72. The lowest BCUT2D eigenvalue weighted by molar-refractivity contribution is -0.123. The Kier molecular flexibility index (Phi) is 7.86. The zero-order valence-electron chi connectivity index (χ0n) is 18.3. The van der Waals surface area contributed by atoms with Gasteiger partial charge in [0.1, 0.15) is 0 Å². The van der Waals surface area contributed by atoms with Crippen LogP contribution >= 0.6 is 11.6 Å². The first-order valence-electron chi connectivity index (χ1n) is 9.92. The summed E-state index contributed by atoms with van der Waals surface area (Å²) in [6.45, 7) is 9.54. The number of carbonyl (C=O) groups is 2. The molecular weight excluding hydrogens is 438 g/mol. The smallest absolute Gasteiger partial charge is 0.255 e. The van der Waals surface area contributed by atoms with E-state index < -0.39 is 21.3 Å². The third-order valence-corrected chi connectivity index (χ3v) is 6.97. The van der Waals surface area contributed by atoms with E-state index in [1.807, 2.05) is 0 Å². The molecule has 0 heterocycles. The molecular formula is C22H28ClN3O4S. The summed E-state index contributed by atoms with van der Waals surface area (Å²) < 4.78 is 26.9. The molecule has 0 radical (unpaired) electrons. The summed E-state index contributed by atoms with van der Waals surface area (Å²) in [6.07, 6.45) is 0. The molecule has 0 bridgehead atoms. The summed E-state index contributed by atoms with van der Waals surface area (Å²) in [7, 11) is -3.70. The fourth-order valence-corrected chi connectivity index (χ4v) is 4.37. The van der Waals surface area contributed by atoms with Crippen LogP contribution < -0.4 is 10.6 Å². The van der Waals surface area contributed by atoms with Crippen LogP contribution in [0.15, 0.2) is 47.4 Å². The Morgan fingerprint density at radius 3 is 2.23 bits per heavy atom. The van der Waals surface area contributed by atoms with E-state index in [4.69, 9.17) is 11.6 Å². The van der Waals surface area contributed by atoms with E-state index in [2.05, 4.69) is 10.6 Å². The van der Waals surface area contributed by atoms with Crippen molar-refractivity contribution in [1.29, 1.82) is 0 Å². The zero-order chi connectivity index (χ0) is 23.4. The van der Waals surface area contributed by atoms with Gasteiger partial charge in [-0.25, -0.2) is 8.42 Å². The van der Waals surface area contributed by atoms with Crippen LogP contribution in [0.5, 0.6) is 0 Å². The lowest BCUT2D eigenvalue weighted by Crippen LogP contribution is -2.30. The molecule has 2 rings (SSSR count). The molecule has 2 aromatic carbocycles. The van der Waals surface area contributed by atoms with Gasteiger partial charge in [0.15, 0.2) is 0 Å². The minimum Gasteiger partial charge on any atom is -0.326 e. The van der Waals surface area contributed by atoms with Gasteiger partial charge in [-0.3, -0.25) is 9.59 Å². The Morgan fingerprint density at radius 2 is 1.65 bits per heavy atom. The van der Waals surface area contributed by atoms with Gasteiger partial charge < -0.3 is 10.6 Å². The van der Waals surface area contributed by atoms with Crippen molar-refractivity contribution in [3.63, 3.8) is 0 Å². The van der Waals surface area contributed by atoms with E-state index in [1.165, 1.54) is 22.5 Å². The van der Waals surface area contributed by atoms with Crippen molar-refractivity contribution in [2.45, 2.75) is 39.5 Å². The van der Waals surface area contributed by atoms with Crippen LogP contribution in [0, 0.1) is 5.41 Å². The van der Waals surface area contributed by atoms with Gasteiger partial charge in [-0.05, 0) is 36.4 Å². The standard InChI is InChI=1S/C22H28ClN3O4S/c1-6-26(7-2)31(29,30)17-11-12-18(23)19(14-17)25-20(27)15-9-8-10-16(13-15)24-21(28)22(3,4)5/h8-14H,6-7H2,1-5H3,(H,24,28)(H,25,27). The van der Waals surface area contributed by atoms with E-state index in [9.17, 15) is 18.0 Å². The van der Waals surface area contributed by atoms with Crippen molar-refractivity contribution >= 4 is 44.8 Å². The number of rotatable bonds is 7. The van der Waals surface area contributed by atoms with Crippen LogP contribution in [0.25, 0.3) is 0 Å². The molecule has 0 saturated carbocycles. The Balaban J connectivity index is 2.28. The molecule has 0 saturated heterocycles. The molecule has 2 amide bonds. The predicted octanol–water partition coefficient (Wildman–Crippen LogP) is 4.61. The third-order valence-electron chi connectivity index (χ3n) is 4.59. The number of amides is 2. The summed E-state index contributed by atoms with van der Waals surface area (Å²) in [5.41, 5.74) is 0.378. The highest BCUT2D eigenvalue weighted by molar-refractivity contribution is 7.89. The van der Waals surface area contributed by atoms with Crippen molar-refractivity contribution in [1.82, 2.24) is 4.31 Å². The van der Waals surface area contributed by atoms with E-state index in [1.54, 1.807) is 58.9 Å². The van der Waals surface area contributed by atoms with Crippen LogP contribution in [0.1, 0.15) is 45.0 Å². The zero-order valence-corrected chi connectivity index (χ0v) is 19.9. The summed E-state index contributed by atoms with van der Waals surface area (Å²) in [4.78, 5) is 25.0. The van der Waals surface area contributed by atoms with Gasteiger partial charge in [-0.15, -0.1) is 0 Å². The second kappa shape index (κ2) is 9.80. The minimum absolute atomic E-state index is 0.0436. The van der Waals surface area contributed by atoms with E-state index in [0.717, 1.165) is 0 Å². The number of nitrogens with one attached hydrogen (secondary N) is 2. The van der Waals surface area contributed by atoms with Crippen molar-refractivity contribution in [3.8, 4) is 0 Å². The highest BCUT2D eigenvalue weighted by Gasteiger charge is 2.23. The molecule has 168 valence electrons. The topological polar surface area (TPSA) is 95.6 Å². The van der Waals surface area contributed by atoms with E-state index in [0.29, 0.717) is 24.3 Å². The molecule has 7 nitrogen and oxygen atoms in total. The first kappa shape index (κ1) is 24.8. The summed E-state index contributed by atoms with van der Waals surface area (Å²) in [5, 5.41) is 5.65. The first-order chi connectivity index (χ1) is 14.4. The van der Waals surface area contributed by atoms with Gasteiger partial charge >= 0.3 is 0 Å². The maximum Gasteiger partial charge on any atom is 0.255 e. The van der Waals surface area contributed by atoms with Gasteiger partial charge in [0.2, 0.25) is 15.9 Å². The van der Waals surface area contributed by atoms with Gasteiger partial charge in [0, 0.05) is 29.8 Å². The number of nitrogens with zero attached hydrogens (tertiary/aromatic N) is 1. The number of sulfonamides is 1. The number of hydrogen-bond acceptors (Lipinski definition) is 4. The van der Waals surface area contributed by atoms with Crippen molar-refractivity contribution in [2.24, 2.45) is 5.41 Å². The maximum atomic E-state index is 12.8. The highest BCUT2D eigenvalue weighted by Crippen LogP contribution is 2.28. The number of carbonyl (C=O) groups excluding carboxylic acids is 2. The third kappa shape index (κ3) is 6.06. The van der Waals surface area contributed by atoms with Crippen molar-refractivity contribution in [2.75, 3.05) is 23.7 Å². The molecule has 0 aliphatic heterocycles. The molecule has 0 unspecified atom stereocenters. The monoisotopic (exact) mass is 465 g/mol. The average Bonchev–Trinajstić information content (AvgIpc) is 2.69. The Morgan fingerprint density at radius 1 is 1.00 bits per heavy atom. The second-order valence-electron chi connectivity index (χ2n) is 7.97. The lowest BCUT2D eigenvalue weighted by Gasteiger charge is -2.19. The van der Waals surface area contributed by atoms with Crippen LogP contribution in [-0.2, 0) is 14.8 Å². The molecule has 31 heavy (non-hydrogen) atoms. The normalized spacial score (nSPS) is 12.0. The lowest BCUT2D eigenvalue weighted by atomic mass is 9.95. The Labute approximate surface area is 188 Å². The predicted molar refractivity (Wildman–Crippen MR) is 124 cm³/mol. The van der Waals surface area contributed by atoms with Crippen LogP contribution in [0.2, 0.25) is 5.02 Å². The molecule has 0 aromatic heterocycles. The van der Waals surface area contributed by atoms with Crippen molar-refractivity contribution in [3.05, 3.63) is 53.1 Å². The van der Waals surface area contributed by atoms with Gasteiger partial charge in [0.05, 0.1) is 15.6 Å². The molecule has 2 aromatic rings. The molecule has 0 aliphatic carbocycles. The van der Waals surface area contributed by atoms with Crippen LogP contribution in [0.4, 0.5) is 11.4 Å². The highest BCUT2D eigenvalue weighted by atomic mass is 35.5. The number of anilines is 2. The Bertz CT molecular complexity index is 1070. The molecule has 2 N–H and O–H groups in total. The first-order valence-corrected chi connectivity index (χ1v) is 11.7. The van der Waals surface area contributed by atoms with Gasteiger partial charge in [-0.2, -0.15) is 4.31 Å².